The lowest BCUT2D eigenvalue weighted by Crippen LogP contribution is -2.17. The number of nitrogens with zero attached hydrogens (tertiary/aromatic N) is 2. The number of hydrazone groups is 1. The Bertz CT molecular complexity index is 969. The van der Waals surface area contributed by atoms with Crippen molar-refractivity contribution in [3.05, 3.63) is 89.7 Å². The zero-order valence-corrected chi connectivity index (χ0v) is 15.0. The van der Waals surface area contributed by atoms with Gasteiger partial charge in [-0.25, -0.2) is 10.2 Å². The predicted octanol–water partition coefficient (Wildman–Crippen LogP) is 3.07. The van der Waals surface area contributed by atoms with Crippen LogP contribution in [-0.2, 0) is 0 Å². The van der Waals surface area contributed by atoms with Gasteiger partial charge < -0.3 is 9.47 Å². The van der Waals surface area contributed by atoms with Crippen LogP contribution in [0.2, 0.25) is 0 Å². The van der Waals surface area contributed by atoms with E-state index in [1.54, 1.807) is 67.8 Å². The lowest BCUT2D eigenvalue weighted by atomic mass is 10.2. The number of carbonyl (C=O) groups is 2. The number of pyridine rings is 1. The van der Waals surface area contributed by atoms with E-state index in [1.165, 1.54) is 18.6 Å². The minimum absolute atomic E-state index is 0.330. The van der Waals surface area contributed by atoms with Crippen molar-refractivity contribution >= 4 is 18.1 Å². The molecule has 0 bridgehead atoms. The molecule has 0 saturated carbocycles. The highest BCUT2D eigenvalue weighted by Crippen LogP contribution is 2.16. The van der Waals surface area contributed by atoms with Crippen LogP contribution >= 0.6 is 0 Å². The molecule has 0 fully saturated rings. The molecule has 3 aromatic rings. The van der Waals surface area contributed by atoms with Gasteiger partial charge in [-0.15, -0.1) is 0 Å². The summed E-state index contributed by atoms with van der Waals surface area (Å²) in [6.07, 6.45) is 4.56. The molecule has 28 heavy (non-hydrogen) atoms. The largest absolute Gasteiger partial charge is 0.497 e. The molecule has 3 rings (SSSR count). The van der Waals surface area contributed by atoms with Crippen molar-refractivity contribution in [3.63, 3.8) is 0 Å². The van der Waals surface area contributed by atoms with Crippen LogP contribution in [0.3, 0.4) is 0 Å². The third-order valence-electron chi connectivity index (χ3n) is 3.74. The van der Waals surface area contributed by atoms with E-state index in [9.17, 15) is 9.59 Å². The molecule has 7 nitrogen and oxygen atoms in total. The normalized spacial score (nSPS) is 10.5. The summed E-state index contributed by atoms with van der Waals surface area (Å²) in [6, 6.07) is 16.6. The second-order valence-electron chi connectivity index (χ2n) is 5.62. The number of benzene rings is 2. The van der Waals surface area contributed by atoms with E-state index in [2.05, 4.69) is 15.5 Å². The molecule has 0 atom stereocenters. The number of amides is 1. The Labute approximate surface area is 161 Å². The first-order valence-corrected chi connectivity index (χ1v) is 8.35. The van der Waals surface area contributed by atoms with Crippen molar-refractivity contribution in [2.75, 3.05) is 7.11 Å². The second-order valence-corrected chi connectivity index (χ2v) is 5.62. The van der Waals surface area contributed by atoms with Gasteiger partial charge in [-0.2, -0.15) is 5.10 Å². The Morgan fingerprint density at radius 1 is 0.893 bits per heavy atom. The summed E-state index contributed by atoms with van der Waals surface area (Å²) in [5, 5.41) is 3.91. The maximum atomic E-state index is 12.1. The van der Waals surface area contributed by atoms with Gasteiger partial charge >= 0.3 is 5.97 Å². The number of rotatable bonds is 6. The van der Waals surface area contributed by atoms with E-state index in [4.69, 9.17) is 9.47 Å². The van der Waals surface area contributed by atoms with Gasteiger partial charge in [0.15, 0.2) is 0 Å². The van der Waals surface area contributed by atoms with Gasteiger partial charge in [0.05, 0.1) is 18.9 Å². The van der Waals surface area contributed by atoms with Gasteiger partial charge in [-0.1, -0.05) is 0 Å². The molecule has 1 N–H and O–H groups in total. The summed E-state index contributed by atoms with van der Waals surface area (Å²) in [7, 11) is 1.56. The van der Waals surface area contributed by atoms with Crippen LogP contribution in [0.25, 0.3) is 0 Å². The highest BCUT2D eigenvalue weighted by atomic mass is 16.5. The summed E-state index contributed by atoms with van der Waals surface area (Å²) in [5.41, 5.74) is 4.05. The zero-order valence-electron chi connectivity index (χ0n) is 15.0. The van der Waals surface area contributed by atoms with Crippen LogP contribution < -0.4 is 14.9 Å². The fraction of sp³-hybridized carbons (Fsp3) is 0.0476. The molecule has 0 aliphatic heterocycles. The van der Waals surface area contributed by atoms with Crippen LogP contribution in [0.4, 0.5) is 0 Å². The average Bonchev–Trinajstić information content (AvgIpc) is 2.75. The summed E-state index contributed by atoms with van der Waals surface area (Å²) in [6.45, 7) is 0. The quantitative estimate of drug-likeness (QED) is 0.309. The average molecular weight is 375 g/mol. The van der Waals surface area contributed by atoms with Crippen LogP contribution in [0, 0.1) is 0 Å². The van der Waals surface area contributed by atoms with E-state index >= 15 is 0 Å². The van der Waals surface area contributed by atoms with E-state index in [0.717, 1.165) is 5.56 Å². The van der Waals surface area contributed by atoms with Crippen LogP contribution in [0.15, 0.2) is 78.2 Å². The van der Waals surface area contributed by atoms with Crippen molar-refractivity contribution in [2.45, 2.75) is 0 Å². The topological polar surface area (TPSA) is 89.9 Å². The molecule has 2 aromatic carbocycles. The summed E-state index contributed by atoms with van der Waals surface area (Å²) >= 11 is 0. The fourth-order valence-corrected chi connectivity index (χ4v) is 2.25. The number of nitrogens with one attached hydrogen (secondary N) is 1. The zero-order chi connectivity index (χ0) is 19.8. The van der Waals surface area contributed by atoms with Gasteiger partial charge in [0.25, 0.3) is 5.91 Å². The Morgan fingerprint density at radius 3 is 2.18 bits per heavy atom. The number of methoxy groups -OCH3 is 1. The first-order valence-electron chi connectivity index (χ1n) is 8.35. The Balaban J connectivity index is 1.55. The molecule has 0 unspecified atom stereocenters. The molecular weight excluding hydrogens is 358 g/mol. The summed E-state index contributed by atoms with van der Waals surface area (Å²) in [4.78, 5) is 27.9. The van der Waals surface area contributed by atoms with Crippen molar-refractivity contribution in [3.8, 4) is 11.5 Å². The predicted molar refractivity (Wildman–Crippen MR) is 104 cm³/mol. The number of ether oxygens (including phenoxy) is 2. The van der Waals surface area contributed by atoms with Crippen molar-refractivity contribution < 1.29 is 19.1 Å². The smallest absolute Gasteiger partial charge is 0.343 e. The molecule has 0 aliphatic carbocycles. The molecule has 0 saturated heterocycles. The van der Waals surface area contributed by atoms with E-state index < -0.39 is 5.97 Å². The molecule has 7 heteroatoms. The molecule has 0 radical (unpaired) electrons. The summed E-state index contributed by atoms with van der Waals surface area (Å²) in [5.74, 6) is 0.271. The monoisotopic (exact) mass is 375 g/mol. The highest BCUT2D eigenvalue weighted by Gasteiger charge is 2.08. The van der Waals surface area contributed by atoms with Crippen molar-refractivity contribution in [1.82, 2.24) is 10.4 Å². The lowest BCUT2D eigenvalue weighted by Gasteiger charge is -2.05. The van der Waals surface area contributed by atoms with Crippen LogP contribution in [0.5, 0.6) is 11.5 Å². The minimum Gasteiger partial charge on any atom is -0.497 e. The second kappa shape index (κ2) is 9.09. The molecule has 0 spiro atoms. The Hall–Kier alpha value is -4.00. The number of esters is 1. The van der Waals surface area contributed by atoms with Crippen LogP contribution in [0.1, 0.15) is 26.3 Å². The number of carbonyl (C=O) groups excluding carboxylic acids is 2. The Kier molecular flexibility index (Phi) is 6.10. The molecule has 1 heterocycles. The van der Waals surface area contributed by atoms with E-state index in [1.807, 2.05) is 0 Å². The van der Waals surface area contributed by atoms with Crippen molar-refractivity contribution in [1.29, 1.82) is 0 Å². The van der Waals surface area contributed by atoms with Crippen LogP contribution in [-0.4, -0.2) is 30.2 Å². The fourth-order valence-electron chi connectivity index (χ4n) is 2.25. The van der Waals surface area contributed by atoms with Gasteiger partial charge in [-0.05, 0) is 66.2 Å². The lowest BCUT2D eigenvalue weighted by molar-refractivity contribution is 0.0734. The Morgan fingerprint density at radius 2 is 1.54 bits per heavy atom. The molecular formula is C21H17N3O4. The molecule has 1 aromatic heterocycles. The summed E-state index contributed by atoms with van der Waals surface area (Å²) < 4.78 is 10.4. The van der Waals surface area contributed by atoms with Gasteiger partial charge in [0.2, 0.25) is 0 Å². The molecule has 1 amide bonds. The third-order valence-corrected chi connectivity index (χ3v) is 3.74. The van der Waals surface area contributed by atoms with E-state index in [0.29, 0.717) is 22.6 Å². The van der Waals surface area contributed by atoms with Crippen molar-refractivity contribution in [2.24, 2.45) is 5.10 Å². The highest BCUT2D eigenvalue weighted by molar-refractivity contribution is 5.94. The first kappa shape index (κ1) is 18.8. The van der Waals surface area contributed by atoms with Gasteiger partial charge in [-0.3, -0.25) is 9.78 Å². The maximum Gasteiger partial charge on any atom is 0.343 e. The first-order chi connectivity index (χ1) is 13.7. The van der Waals surface area contributed by atoms with Gasteiger partial charge in [0.1, 0.15) is 11.5 Å². The number of hydrogen-bond donors (Lipinski definition) is 1. The SMILES string of the molecule is COc1ccc(C(=O)Oc2ccc(/C=N\NC(=O)c3ccncc3)cc2)cc1. The molecule has 140 valence electrons. The third kappa shape index (κ3) is 5.01. The molecule has 0 aliphatic rings. The minimum atomic E-state index is -0.464. The maximum absolute atomic E-state index is 12.1. The number of aromatic nitrogens is 1. The van der Waals surface area contributed by atoms with Gasteiger partial charge in [0, 0.05) is 18.0 Å². The standard InChI is InChI=1S/C21H17N3O4/c1-27-18-8-4-17(5-9-18)21(26)28-19-6-2-15(3-7-19)14-23-24-20(25)16-10-12-22-13-11-16/h2-14H,1H3,(H,24,25)/b23-14-. The van der Waals surface area contributed by atoms with E-state index in [-0.39, 0.29) is 5.91 Å². The number of hydrogen-bond acceptors (Lipinski definition) is 6.